The summed E-state index contributed by atoms with van der Waals surface area (Å²) in [5.41, 5.74) is 4.90. The van der Waals surface area contributed by atoms with Crippen LogP contribution in [0.1, 0.15) is 29.6 Å². The molecule has 2 aromatic heterocycles. The molecule has 0 amide bonds. The Kier molecular flexibility index (Phi) is 3.39. The Labute approximate surface area is 112 Å². The van der Waals surface area contributed by atoms with E-state index < -0.39 is 0 Å². The van der Waals surface area contributed by atoms with Gasteiger partial charge in [-0.05, 0) is 27.2 Å². The quantitative estimate of drug-likeness (QED) is 0.783. The van der Waals surface area contributed by atoms with Gasteiger partial charge in [-0.1, -0.05) is 18.5 Å². The number of halogens is 1. The standard InChI is InChI=1S/C13H17ClN4/c1-6-10-7(2)15-13(16-12(10)14)11-8(3)17-18(5)9(11)4/h6H2,1-5H3. The lowest BCUT2D eigenvalue weighted by Crippen LogP contribution is -2.00. The van der Waals surface area contributed by atoms with Gasteiger partial charge in [0, 0.05) is 24.0 Å². The molecular formula is C13H17ClN4. The summed E-state index contributed by atoms with van der Waals surface area (Å²) in [5.74, 6) is 0.665. The fourth-order valence-electron chi connectivity index (χ4n) is 2.17. The van der Waals surface area contributed by atoms with Gasteiger partial charge in [0.2, 0.25) is 0 Å². The first-order valence-electron chi connectivity index (χ1n) is 5.99. The van der Waals surface area contributed by atoms with Crippen LogP contribution in [0.25, 0.3) is 11.4 Å². The number of aryl methyl sites for hydroxylation is 3. The molecule has 0 unspecified atom stereocenters. The second-order valence-electron chi connectivity index (χ2n) is 4.42. The highest BCUT2D eigenvalue weighted by atomic mass is 35.5. The van der Waals surface area contributed by atoms with Gasteiger partial charge in [-0.25, -0.2) is 9.97 Å². The molecule has 96 valence electrons. The van der Waals surface area contributed by atoms with Gasteiger partial charge in [-0.2, -0.15) is 5.10 Å². The summed E-state index contributed by atoms with van der Waals surface area (Å²) in [7, 11) is 1.92. The molecule has 0 atom stereocenters. The van der Waals surface area contributed by atoms with E-state index in [-0.39, 0.29) is 0 Å². The van der Waals surface area contributed by atoms with E-state index in [9.17, 15) is 0 Å². The molecule has 0 fully saturated rings. The average Bonchev–Trinajstić information content (AvgIpc) is 2.52. The Bertz CT molecular complexity index is 578. The van der Waals surface area contributed by atoms with Crippen molar-refractivity contribution in [2.24, 2.45) is 7.05 Å². The molecule has 0 aromatic carbocycles. The second kappa shape index (κ2) is 4.69. The number of hydrogen-bond donors (Lipinski definition) is 0. The maximum Gasteiger partial charge on any atom is 0.164 e. The zero-order valence-electron chi connectivity index (χ0n) is 11.4. The van der Waals surface area contributed by atoms with E-state index in [2.05, 4.69) is 22.0 Å². The molecule has 0 aliphatic rings. The minimum atomic E-state index is 0.544. The maximum absolute atomic E-state index is 6.22. The van der Waals surface area contributed by atoms with Crippen molar-refractivity contribution in [3.05, 3.63) is 27.8 Å². The van der Waals surface area contributed by atoms with Crippen molar-refractivity contribution < 1.29 is 0 Å². The first kappa shape index (κ1) is 13.0. The minimum absolute atomic E-state index is 0.544. The molecule has 18 heavy (non-hydrogen) atoms. The molecule has 4 nitrogen and oxygen atoms in total. The molecule has 2 heterocycles. The largest absolute Gasteiger partial charge is 0.272 e. The highest BCUT2D eigenvalue weighted by Crippen LogP contribution is 2.26. The first-order valence-corrected chi connectivity index (χ1v) is 6.37. The molecule has 0 spiro atoms. The molecule has 0 saturated heterocycles. The molecule has 0 N–H and O–H groups in total. The third-order valence-electron chi connectivity index (χ3n) is 3.25. The summed E-state index contributed by atoms with van der Waals surface area (Å²) >= 11 is 6.22. The zero-order chi connectivity index (χ0) is 13.4. The first-order chi connectivity index (χ1) is 8.45. The number of nitrogens with zero attached hydrogens (tertiary/aromatic N) is 4. The minimum Gasteiger partial charge on any atom is -0.272 e. The highest BCUT2D eigenvalue weighted by molar-refractivity contribution is 6.30. The Hall–Kier alpha value is -1.42. The monoisotopic (exact) mass is 264 g/mol. The van der Waals surface area contributed by atoms with E-state index in [0.29, 0.717) is 11.0 Å². The summed E-state index contributed by atoms with van der Waals surface area (Å²) in [6, 6.07) is 0. The van der Waals surface area contributed by atoms with E-state index >= 15 is 0 Å². The Balaban J connectivity index is 2.65. The van der Waals surface area contributed by atoms with Crippen molar-refractivity contribution in [1.29, 1.82) is 0 Å². The SMILES string of the molecule is CCc1c(C)nc(-c2c(C)nn(C)c2C)nc1Cl. The van der Waals surface area contributed by atoms with Crippen LogP contribution in [-0.2, 0) is 13.5 Å². The smallest absolute Gasteiger partial charge is 0.164 e. The lowest BCUT2D eigenvalue weighted by atomic mass is 10.1. The normalized spacial score (nSPS) is 11.0. The molecule has 0 bridgehead atoms. The van der Waals surface area contributed by atoms with Crippen LogP contribution in [0.2, 0.25) is 5.15 Å². The van der Waals surface area contributed by atoms with Crippen LogP contribution in [0.3, 0.4) is 0 Å². The van der Waals surface area contributed by atoms with Crippen molar-refractivity contribution in [1.82, 2.24) is 19.7 Å². The van der Waals surface area contributed by atoms with E-state index in [1.165, 1.54) is 0 Å². The molecule has 0 aliphatic carbocycles. The number of aromatic nitrogens is 4. The van der Waals surface area contributed by atoms with E-state index in [4.69, 9.17) is 11.6 Å². The van der Waals surface area contributed by atoms with E-state index in [1.54, 1.807) is 0 Å². The third kappa shape index (κ3) is 2.01. The fourth-order valence-corrected chi connectivity index (χ4v) is 2.52. The second-order valence-corrected chi connectivity index (χ2v) is 4.78. The van der Waals surface area contributed by atoms with Gasteiger partial charge in [0.15, 0.2) is 5.82 Å². The van der Waals surface area contributed by atoms with Crippen LogP contribution in [0, 0.1) is 20.8 Å². The highest BCUT2D eigenvalue weighted by Gasteiger charge is 2.17. The zero-order valence-corrected chi connectivity index (χ0v) is 12.1. The summed E-state index contributed by atoms with van der Waals surface area (Å²) in [6.45, 7) is 7.99. The van der Waals surface area contributed by atoms with Gasteiger partial charge in [0.25, 0.3) is 0 Å². The van der Waals surface area contributed by atoms with Crippen molar-refractivity contribution >= 4 is 11.6 Å². The molecule has 0 radical (unpaired) electrons. The summed E-state index contributed by atoms with van der Waals surface area (Å²) in [5, 5.41) is 4.93. The van der Waals surface area contributed by atoms with Gasteiger partial charge >= 0.3 is 0 Å². The van der Waals surface area contributed by atoms with Crippen molar-refractivity contribution in [3.8, 4) is 11.4 Å². The van der Waals surface area contributed by atoms with Gasteiger partial charge in [0.1, 0.15) is 5.15 Å². The molecule has 2 rings (SSSR count). The van der Waals surface area contributed by atoms with Gasteiger partial charge in [-0.3, -0.25) is 4.68 Å². The van der Waals surface area contributed by atoms with Crippen LogP contribution in [0.4, 0.5) is 0 Å². The molecular weight excluding hydrogens is 248 g/mol. The van der Waals surface area contributed by atoms with Crippen LogP contribution in [-0.4, -0.2) is 19.7 Å². The van der Waals surface area contributed by atoms with Gasteiger partial charge in [0.05, 0.1) is 11.3 Å². The summed E-state index contributed by atoms with van der Waals surface area (Å²) in [6.07, 6.45) is 0.843. The number of hydrogen-bond acceptors (Lipinski definition) is 3. The maximum atomic E-state index is 6.22. The van der Waals surface area contributed by atoms with Crippen LogP contribution in [0.15, 0.2) is 0 Å². The molecule has 0 aliphatic heterocycles. The third-order valence-corrected chi connectivity index (χ3v) is 3.56. The predicted octanol–water partition coefficient (Wildman–Crippen LogP) is 3.02. The van der Waals surface area contributed by atoms with Crippen molar-refractivity contribution in [3.63, 3.8) is 0 Å². The van der Waals surface area contributed by atoms with Gasteiger partial charge < -0.3 is 0 Å². The lowest BCUT2D eigenvalue weighted by Gasteiger charge is -2.08. The predicted molar refractivity (Wildman–Crippen MR) is 72.8 cm³/mol. The Morgan fingerprint density at radius 1 is 1.11 bits per heavy atom. The lowest BCUT2D eigenvalue weighted by molar-refractivity contribution is 0.731. The van der Waals surface area contributed by atoms with E-state index in [0.717, 1.165) is 34.6 Å². The van der Waals surface area contributed by atoms with Crippen LogP contribution in [0.5, 0.6) is 0 Å². The topological polar surface area (TPSA) is 43.6 Å². The summed E-state index contributed by atoms with van der Waals surface area (Å²) in [4.78, 5) is 8.97. The molecule has 5 heteroatoms. The van der Waals surface area contributed by atoms with Gasteiger partial charge in [-0.15, -0.1) is 0 Å². The average molecular weight is 265 g/mol. The molecule has 0 saturated carbocycles. The van der Waals surface area contributed by atoms with Crippen LogP contribution < -0.4 is 0 Å². The number of rotatable bonds is 2. The summed E-state index contributed by atoms with van der Waals surface area (Å²) < 4.78 is 1.84. The Morgan fingerprint density at radius 2 is 1.78 bits per heavy atom. The molecule has 2 aromatic rings. The fraction of sp³-hybridized carbons (Fsp3) is 0.462. The van der Waals surface area contributed by atoms with E-state index in [1.807, 2.05) is 32.5 Å². The van der Waals surface area contributed by atoms with Crippen molar-refractivity contribution in [2.45, 2.75) is 34.1 Å². The Morgan fingerprint density at radius 3 is 2.22 bits per heavy atom. The van der Waals surface area contributed by atoms with Crippen molar-refractivity contribution in [2.75, 3.05) is 0 Å². The van der Waals surface area contributed by atoms with Crippen LogP contribution >= 0.6 is 11.6 Å².